The van der Waals surface area contributed by atoms with Crippen molar-refractivity contribution in [2.45, 2.75) is 37.4 Å². The van der Waals surface area contributed by atoms with Gasteiger partial charge >= 0.3 is 6.18 Å². The van der Waals surface area contributed by atoms with Crippen molar-refractivity contribution >= 4 is 10.2 Å². The summed E-state index contributed by atoms with van der Waals surface area (Å²) >= 11 is 0. The topological polar surface area (TPSA) is 70.1 Å². The van der Waals surface area contributed by atoms with E-state index >= 15 is 0 Å². The van der Waals surface area contributed by atoms with Crippen LogP contribution in [0.1, 0.15) is 24.0 Å². The van der Waals surface area contributed by atoms with E-state index in [1.807, 2.05) is 6.07 Å². The summed E-state index contributed by atoms with van der Waals surface area (Å²) in [6.07, 6.45) is -2.04. The number of nitrogens with zero attached hydrogens (tertiary/aromatic N) is 2. The van der Waals surface area contributed by atoms with Crippen LogP contribution in [0.15, 0.2) is 18.2 Å². The Hall–Kier alpha value is -1.36. The van der Waals surface area contributed by atoms with Crippen molar-refractivity contribution in [3.8, 4) is 5.75 Å². The normalized spacial score (nSPS) is 32.6. The summed E-state index contributed by atoms with van der Waals surface area (Å²) in [5, 5.41) is 9.84. The van der Waals surface area contributed by atoms with Gasteiger partial charge in [-0.3, -0.25) is 0 Å². The zero-order valence-corrected chi connectivity index (χ0v) is 16.3. The van der Waals surface area contributed by atoms with Crippen LogP contribution >= 0.6 is 0 Å². The third-order valence-corrected chi connectivity index (χ3v) is 8.41. The van der Waals surface area contributed by atoms with Crippen LogP contribution in [0.3, 0.4) is 0 Å². The molecule has 10 heteroatoms. The van der Waals surface area contributed by atoms with E-state index < -0.39 is 28.5 Å². The highest BCUT2D eigenvalue weighted by molar-refractivity contribution is 7.87. The molecule has 2 fully saturated rings. The maximum Gasteiger partial charge on any atom is 0.402 e. The number of halogens is 3. The number of benzene rings is 1. The Labute approximate surface area is 162 Å². The van der Waals surface area contributed by atoms with E-state index in [1.54, 1.807) is 12.1 Å². The van der Waals surface area contributed by atoms with Gasteiger partial charge in [-0.2, -0.15) is 30.2 Å². The molecule has 1 spiro atoms. The van der Waals surface area contributed by atoms with E-state index in [9.17, 15) is 26.7 Å². The predicted octanol–water partition coefficient (Wildman–Crippen LogP) is 2.28. The van der Waals surface area contributed by atoms with Crippen LogP contribution in [-0.4, -0.2) is 60.8 Å². The smallest absolute Gasteiger partial charge is 0.402 e. The number of phenols is 1. The Morgan fingerprint density at radius 1 is 1.21 bits per heavy atom. The Kier molecular flexibility index (Phi) is 4.68. The molecule has 1 aliphatic heterocycles. The van der Waals surface area contributed by atoms with Crippen LogP contribution in [0.5, 0.6) is 5.75 Å². The van der Waals surface area contributed by atoms with Crippen molar-refractivity contribution in [3.63, 3.8) is 0 Å². The second-order valence-electron chi connectivity index (χ2n) is 7.98. The molecule has 1 N–H and O–H groups in total. The Bertz CT molecular complexity index is 876. The molecule has 6 nitrogen and oxygen atoms in total. The first-order valence-electron chi connectivity index (χ1n) is 9.22. The van der Waals surface area contributed by atoms with Gasteiger partial charge in [-0.05, 0) is 60.8 Å². The van der Waals surface area contributed by atoms with Crippen molar-refractivity contribution < 1.29 is 31.4 Å². The number of methoxy groups -OCH3 is 1. The highest BCUT2D eigenvalue weighted by atomic mass is 32.2. The van der Waals surface area contributed by atoms with Gasteiger partial charge in [-0.15, -0.1) is 0 Å². The summed E-state index contributed by atoms with van der Waals surface area (Å²) in [5.74, 6) is -0.104. The number of fused-ring (bicyclic) bond motifs is 1. The summed E-state index contributed by atoms with van der Waals surface area (Å²) in [4.78, 5) is 0. The molecule has 1 aromatic rings. The lowest BCUT2D eigenvalue weighted by molar-refractivity contribution is -0.136. The molecule has 0 unspecified atom stereocenters. The van der Waals surface area contributed by atoms with Crippen molar-refractivity contribution in [2.75, 3.05) is 26.9 Å². The molecular weight excluding hydrogens is 397 g/mol. The van der Waals surface area contributed by atoms with Crippen LogP contribution in [0.2, 0.25) is 0 Å². The SMILES string of the molecule is COCN1[C@]2(CN(CC(F)(F)F)S1(=O)=O)[C@@H]1CC[C@H]2Cc2cc(O)ccc2C1. The molecule has 0 radical (unpaired) electrons. The van der Waals surface area contributed by atoms with Crippen molar-refractivity contribution in [3.05, 3.63) is 29.3 Å². The fourth-order valence-electron chi connectivity index (χ4n) is 5.43. The number of aromatic hydroxyl groups is 1. The Balaban J connectivity index is 1.79. The van der Waals surface area contributed by atoms with E-state index in [-0.39, 0.29) is 30.9 Å². The van der Waals surface area contributed by atoms with Gasteiger partial charge in [0.25, 0.3) is 10.2 Å². The quantitative estimate of drug-likeness (QED) is 0.815. The number of phenolic OH excluding ortho intramolecular Hbond substituents is 1. The van der Waals surface area contributed by atoms with Crippen LogP contribution in [0.25, 0.3) is 0 Å². The van der Waals surface area contributed by atoms with E-state index in [1.165, 1.54) is 11.4 Å². The van der Waals surface area contributed by atoms with Crippen LogP contribution < -0.4 is 0 Å². The molecule has 0 amide bonds. The van der Waals surface area contributed by atoms with Gasteiger partial charge in [0, 0.05) is 13.7 Å². The van der Waals surface area contributed by atoms with Crippen molar-refractivity contribution in [1.82, 2.24) is 8.61 Å². The van der Waals surface area contributed by atoms with E-state index in [0.29, 0.717) is 17.1 Å². The summed E-state index contributed by atoms with van der Waals surface area (Å²) in [5.41, 5.74) is 1.03. The summed E-state index contributed by atoms with van der Waals surface area (Å²) in [6, 6.07) is 5.11. The zero-order chi connectivity index (χ0) is 20.3. The predicted molar refractivity (Wildman–Crippen MR) is 94.7 cm³/mol. The second-order valence-corrected chi connectivity index (χ2v) is 9.83. The molecule has 1 saturated carbocycles. The summed E-state index contributed by atoms with van der Waals surface area (Å²) in [7, 11) is -2.95. The van der Waals surface area contributed by atoms with Gasteiger partial charge in [0.2, 0.25) is 0 Å². The number of hydrogen-bond donors (Lipinski definition) is 1. The molecule has 2 bridgehead atoms. The minimum atomic E-state index is -4.62. The number of rotatable bonds is 3. The summed E-state index contributed by atoms with van der Waals surface area (Å²) < 4.78 is 72.2. The van der Waals surface area contributed by atoms with Crippen LogP contribution in [-0.2, 0) is 27.8 Å². The Morgan fingerprint density at radius 2 is 1.86 bits per heavy atom. The van der Waals surface area contributed by atoms with Crippen LogP contribution in [0.4, 0.5) is 13.2 Å². The Morgan fingerprint density at radius 3 is 2.46 bits per heavy atom. The van der Waals surface area contributed by atoms with Crippen molar-refractivity contribution in [1.29, 1.82) is 0 Å². The molecule has 28 heavy (non-hydrogen) atoms. The second kappa shape index (κ2) is 6.58. The van der Waals surface area contributed by atoms with E-state index in [0.717, 1.165) is 24.0 Å². The monoisotopic (exact) mass is 420 g/mol. The molecule has 156 valence electrons. The maximum absolute atomic E-state index is 13.1. The minimum Gasteiger partial charge on any atom is -0.508 e. The lowest BCUT2D eigenvalue weighted by Crippen LogP contribution is -2.55. The lowest BCUT2D eigenvalue weighted by atomic mass is 9.78. The fourth-order valence-corrected chi connectivity index (χ4v) is 7.41. The molecule has 3 aliphatic rings. The number of hydrogen-bond acceptors (Lipinski definition) is 4. The summed E-state index contributed by atoms with van der Waals surface area (Å²) in [6.45, 7) is -1.96. The third-order valence-electron chi connectivity index (χ3n) is 6.50. The van der Waals surface area contributed by atoms with Crippen LogP contribution in [0, 0.1) is 11.8 Å². The molecule has 1 saturated heterocycles. The lowest BCUT2D eigenvalue weighted by Gasteiger charge is -2.40. The van der Waals surface area contributed by atoms with E-state index in [2.05, 4.69) is 0 Å². The van der Waals surface area contributed by atoms with Gasteiger partial charge in [0.15, 0.2) is 0 Å². The molecule has 1 heterocycles. The molecule has 3 atom stereocenters. The largest absolute Gasteiger partial charge is 0.508 e. The van der Waals surface area contributed by atoms with Gasteiger partial charge in [-0.1, -0.05) is 6.07 Å². The van der Waals surface area contributed by atoms with Gasteiger partial charge in [0.1, 0.15) is 19.0 Å². The average molecular weight is 420 g/mol. The fraction of sp³-hybridized carbons (Fsp3) is 0.667. The first-order valence-corrected chi connectivity index (χ1v) is 10.6. The third kappa shape index (κ3) is 3.01. The first kappa shape index (κ1) is 19.9. The average Bonchev–Trinajstić information content (AvgIpc) is 2.93. The highest BCUT2D eigenvalue weighted by Gasteiger charge is 2.65. The first-order chi connectivity index (χ1) is 13.1. The number of ether oxygens (including phenoxy) is 1. The molecule has 2 aliphatic carbocycles. The minimum absolute atomic E-state index is 0.105. The standard InChI is InChI=1S/C18H23F3N2O4S/c1-27-11-23-17(9-22(28(23,25)26)10-18(19,20)21)14-3-4-15(17)7-13-8-16(24)5-2-12(13)6-14/h2,5,8,14-15,24H,3-4,6-7,9-11H2,1H3/t14-,15+,17-/m1/s1. The molecule has 0 aromatic heterocycles. The van der Waals surface area contributed by atoms with Gasteiger partial charge < -0.3 is 9.84 Å². The maximum atomic E-state index is 13.1. The molecule has 4 rings (SSSR count). The number of alkyl halides is 3. The van der Waals surface area contributed by atoms with E-state index in [4.69, 9.17) is 4.74 Å². The van der Waals surface area contributed by atoms with Gasteiger partial charge in [0.05, 0.1) is 5.54 Å². The van der Waals surface area contributed by atoms with Gasteiger partial charge in [-0.25, -0.2) is 0 Å². The van der Waals surface area contributed by atoms with Crippen molar-refractivity contribution in [2.24, 2.45) is 11.8 Å². The highest BCUT2D eigenvalue weighted by Crippen LogP contribution is 2.55. The zero-order valence-electron chi connectivity index (χ0n) is 15.4. The molecular formula is C18H23F3N2O4S. The molecule has 1 aromatic carbocycles.